The molecule has 0 radical (unpaired) electrons. The van der Waals surface area contributed by atoms with Gasteiger partial charge in [-0.15, -0.1) is 0 Å². The molecule has 3 heterocycles. The average molecular weight is 403 g/mol. The maximum Gasteiger partial charge on any atom is 0.243 e. The molecule has 7 nitrogen and oxygen atoms in total. The lowest BCUT2D eigenvalue weighted by Crippen LogP contribution is -2.51. The van der Waals surface area contributed by atoms with Gasteiger partial charge in [-0.3, -0.25) is 4.79 Å². The van der Waals surface area contributed by atoms with E-state index in [2.05, 4.69) is 14.9 Å². The van der Waals surface area contributed by atoms with Crippen molar-refractivity contribution in [3.05, 3.63) is 48.0 Å². The van der Waals surface area contributed by atoms with Crippen LogP contribution in [0.5, 0.6) is 0 Å². The van der Waals surface area contributed by atoms with Gasteiger partial charge in [-0.25, -0.2) is 13.4 Å². The van der Waals surface area contributed by atoms with Gasteiger partial charge in [0.15, 0.2) is 0 Å². The van der Waals surface area contributed by atoms with Crippen molar-refractivity contribution in [1.82, 2.24) is 19.2 Å². The molecule has 0 bridgehead atoms. The first-order valence-corrected chi connectivity index (χ1v) is 11.4. The number of hydrogen-bond donors (Lipinski definition) is 1. The van der Waals surface area contributed by atoms with E-state index in [-0.39, 0.29) is 10.8 Å². The van der Waals surface area contributed by atoms with Crippen LogP contribution in [0.1, 0.15) is 43.6 Å². The van der Waals surface area contributed by atoms with Crippen molar-refractivity contribution in [2.75, 3.05) is 6.54 Å². The number of carbonyl (C=O) groups is 1. The molecule has 0 aliphatic carbocycles. The number of piperidine rings is 1. The van der Waals surface area contributed by atoms with Gasteiger partial charge in [0.1, 0.15) is 11.9 Å². The van der Waals surface area contributed by atoms with Crippen molar-refractivity contribution in [2.45, 2.75) is 62.6 Å². The molecular formula is C20H26N4O3S. The molecule has 2 aliphatic rings. The first-order valence-electron chi connectivity index (χ1n) is 9.95. The largest absolute Gasteiger partial charge is 0.349 e. The van der Waals surface area contributed by atoms with Crippen LogP contribution < -0.4 is 5.32 Å². The third-order valence-electron chi connectivity index (χ3n) is 5.51. The highest BCUT2D eigenvalue weighted by Crippen LogP contribution is 2.25. The molecule has 1 aromatic carbocycles. The third-order valence-corrected chi connectivity index (χ3v) is 7.43. The summed E-state index contributed by atoms with van der Waals surface area (Å²) in [5.41, 5.74) is 0.832. The SMILES string of the molecule is O=C(NCc1cn2c(n1)CCCC2)C1CCCCN1S(=O)(=O)c1ccccc1. The fourth-order valence-electron chi connectivity index (χ4n) is 4.03. The molecule has 0 saturated carbocycles. The molecule has 2 aliphatic heterocycles. The fraction of sp³-hybridized carbons (Fsp3) is 0.500. The minimum Gasteiger partial charge on any atom is -0.349 e. The van der Waals surface area contributed by atoms with Crippen molar-refractivity contribution in [3.63, 3.8) is 0 Å². The normalized spacial score (nSPS) is 20.5. The van der Waals surface area contributed by atoms with Crippen LogP contribution in [0.25, 0.3) is 0 Å². The highest BCUT2D eigenvalue weighted by Gasteiger charge is 2.37. The van der Waals surface area contributed by atoms with E-state index < -0.39 is 16.1 Å². The van der Waals surface area contributed by atoms with Crippen molar-refractivity contribution in [3.8, 4) is 0 Å². The number of sulfonamides is 1. The summed E-state index contributed by atoms with van der Waals surface area (Å²) < 4.78 is 29.6. The molecule has 1 atom stereocenters. The Morgan fingerprint density at radius 2 is 1.89 bits per heavy atom. The minimum atomic E-state index is -3.69. The number of hydrogen-bond acceptors (Lipinski definition) is 4. The van der Waals surface area contributed by atoms with Gasteiger partial charge < -0.3 is 9.88 Å². The highest BCUT2D eigenvalue weighted by atomic mass is 32.2. The standard InChI is InChI=1S/C20H26N4O3S/c25-20(21-14-16-15-23-12-6-5-11-19(23)22-16)18-10-4-7-13-24(18)28(26,27)17-8-2-1-3-9-17/h1-3,8-9,15,18H,4-7,10-14H2,(H,21,25). The Labute approximate surface area is 165 Å². The van der Waals surface area contributed by atoms with Crippen molar-refractivity contribution >= 4 is 15.9 Å². The fourth-order valence-corrected chi connectivity index (χ4v) is 5.71. The van der Waals surface area contributed by atoms with E-state index in [1.807, 2.05) is 6.20 Å². The summed E-state index contributed by atoms with van der Waals surface area (Å²) in [4.78, 5) is 17.7. The minimum absolute atomic E-state index is 0.233. The molecular weight excluding hydrogens is 376 g/mol. The lowest BCUT2D eigenvalue weighted by atomic mass is 10.0. The van der Waals surface area contributed by atoms with E-state index in [0.717, 1.165) is 50.2 Å². The predicted molar refractivity (Wildman–Crippen MR) is 105 cm³/mol. The van der Waals surface area contributed by atoms with Gasteiger partial charge in [0, 0.05) is 25.7 Å². The molecule has 0 spiro atoms. The van der Waals surface area contributed by atoms with Gasteiger partial charge in [0.25, 0.3) is 0 Å². The first-order chi connectivity index (χ1) is 13.6. The molecule has 4 rings (SSSR count). The maximum absolute atomic E-state index is 13.0. The first kappa shape index (κ1) is 19.1. The van der Waals surface area contributed by atoms with Gasteiger partial charge in [-0.05, 0) is 37.8 Å². The van der Waals surface area contributed by atoms with E-state index in [4.69, 9.17) is 0 Å². The van der Waals surface area contributed by atoms with Crippen molar-refractivity contribution < 1.29 is 13.2 Å². The molecule has 150 valence electrons. The van der Waals surface area contributed by atoms with Crippen LogP contribution >= 0.6 is 0 Å². The Morgan fingerprint density at radius 3 is 2.68 bits per heavy atom. The number of aromatic nitrogens is 2. The molecule has 1 N–H and O–H groups in total. The predicted octanol–water partition coefficient (Wildman–Crippen LogP) is 2.08. The highest BCUT2D eigenvalue weighted by molar-refractivity contribution is 7.89. The summed E-state index contributed by atoms with van der Waals surface area (Å²) in [5.74, 6) is 0.826. The molecule has 1 unspecified atom stereocenters. The Hall–Kier alpha value is -2.19. The lowest BCUT2D eigenvalue weighted by molar-refractivity contribution is -0.125. The zero-order chi connectivity index (χ0) is 19.6. The van der Waals surface area contributed by atoms with E-state index in [0.29, 0.717) is 19.5 Å². The smallest absolute Gasteiger partial charge is 0.243 e. The molecule has 1 amide bonds. The topological polar surface area (TPSA) is 84.3 Å². The number of aryl methyl sites for hydroxylation is 2. The maximum atomic E-state index is 13.0. The Kier molecular flexibility index (Phi) is 5.50. The number of carbonyl (C=O) groups excluding carboxylic acids is 1. The molecule has 1 aromatic heterocycles. The number of imidazole rings is 1. The van der Waals surface area contributed by atoms with Crippen molar-refractivity contribution in [1.29, 1.82) is 0 Å². The van der Waals surface area contributed by atoms with Crippen LogP contribution in [0.2, 0.25) is 0 Å². The van der Waals surface area contributed by atoms with Crippen LogP contribution in [-0.4, -0.2) is 40.8 Å². The Balaban J connectivity index is 1.46. The van der Waals surface area contributed by atoms with Gasteiger partial charge in [-0.1, -0.05) is 24.6 Å². The van der Waals surface area contributed by atoms with Crippen LogP contribution in [0, 0.1) is 0 Å². The molecule has 28 heavy (non-hydrogen) atoms. The van der Waals surface area contributed by atoms with Gasteiger partial charge in [0.2, 0.25) is 15.9 Å². The number of benzene rings is 1. The molecule has 1 fully saturated rings. The monoisotopic (exact) mass is 402 g/mol. The van der Waals surface area contributed by atoms with Crippen LogP contribution in [0.15, 0.2) is 41.4 Å². The number of fused-ring (bicyclic) bond motifs is 1. The second kappa shape index (κ2) is 8.05. The van der Waals surface area contributed by atoms with E-state index in [1.165, 1.54) is 4.31 Å². The van der Waals surface area contributed by atoms with Gasteiger partial charge in [0.05, 0.1) is 17.1 Å². The quantitative estimate of drug-likeness (QED) is 0.830. The lowest BCUT2D eigenvalue weighted by Gasteiger charge is -2.33. The summed E-state index contributed by atoms with van der Waals surface area (Å²) in [5, 5.41) is 2.91. The summed E-state index contributed by atoms with van der Waals surface area (Å²) in [6.45, 7) is 1.67. The number of nitrogens with zero attached hydrogens (tertiary/aromatic N) is 3. The Bertz CT molecular complexity index is 916. The molecule has 8 heteroatoms. The van der Waals surface area contributed by atoms with E-state index in [9.17, 15) is 13.2 Å². The summed E-state index contributed by atoms with van der Waals surface area (Å²) >= 11 is 0. The number of rotatable bonds is 5. The molecule has 2 aromatic rings. The number of nitrogens with one attached hydrogen (secondary N) is 1. The molecule has 1 saturated heterocycles. The van der Waals surface area contributed by atoms with Crippen molar-refractivity contribution in [2.24, 2.45) is 0 Å². The summed E-state index contributed by atoms with van der Waals surface area (Å²) in [6, 6.07) is 7.67. The summed E-state index contributed by atoms with van der Waals surface area (Å²) in [6.07, 6.45) is 7.42. The van der Waals surface area contributed by atoms with Crippen LogP contribution in [0.3, 0.4) is 0 Å². The van der Waals surface area contributed by atoms with Crippen LogP contribution in [0.4, 0.5) is 0 Å². The third kappa shape index (κ3) is 3.84. The van der Waals surface area contributed by atoms with E-state index >= 15 is 0 Å². The zero-order valence-electron chi connectivity index (χ0n) is 15.9. The summed E-state index contributed by atoms with van der Waals surface area (Å²) in [7, 11) is -3.69. The number of amides is 1. The second-order valence-corrected chi connectivity index (χ2v) is 9.35. The van der Waals surface area contributed by atoms with Crippen LogP contribution in [-0.2, 0) is 34.3 Å². The Morgan fingerprint density at radius 1 is 1.11 bits per heavy atom. The average Bonchev–Trinajstić information content (AvgIpc) is 3.15. The van der Waals surface area contributed by atoms with Gasteiger partial charge >= 0.3 is 0 Å². The second-order valence-electron chi connectivity index (χ2n) is 7.46. The zero-order valence-corrected chi connectivity index (χ0v) is 16.7. The van der Waals surface area contributed by atoms with Gasteiger partial charge in [-0.2, -0.15) is 4.31 Å². The van der Waals surface area contributed by atoms with E-state index in [1.54, 1.807) is 30.3 Å².